The second-order valence-electron chi connectivity index (χ2n) is 7.55. The van der Waals surface area contributed by atoms with Gasteiger partial charge in [0.15, 0.2) is 0 Å². The molecule has 1 aromatic carbocycles. The topological polar surface area (TPSA) is 106 Å². The van der Waals surface area contributed by atoms with Gasteiger partial charge in [-0.3, -0.25) is 19.7 Å². The van der Waals surface area contributed by atoms with Crippen molar-refractivity contribution in [2.45, 2.75) is 12.8 Å². The second-order valence-corrected chi connectivity index (χ2v) is 7.55. The SMILES string of the molecule is O=C1[C@@H]2[C@H](C(=O)N1/N=C\c1ccc(-c3ccccc3[N+](=O)[O-])o1)[C@@H]1C=C[C@H]2CC1. The molecule has 6 rings (SSSR count). The first kappa shape index (κ1) is 17.5. The molecule has 2 fully saturated rings. The summed E-state index contributed by atoms with van der Waals surface area (Å²) in [5, 5.41) is 16.3. The Hall–Kier alpha value is -3.55. The van der Waals surface area contributed by atoms with Crippen molar-refractivity contribution in [3.05, 3.63) is 64.4 Å². The van der Waals surface area contributed by atoms with Crippen molar-refractivity contribution in [3.63, 3.8) is 0 Å². The van der Waals surface area contributed by atoms with Crippen molar-refractivity contribution in [1.82, 2.24) is 5.01 Å². The van der Waals surface area contributed by atoms with Gasteiger partial charge in [0.05, 0.1) is 28.5 Å². The van der Waals surface area contributed by atoms with Crippen molar-refractivity contribution in [2.24, 2.45) is 28.8 Å². The van der Waals surface area contributed by atoms with Gasteiger partial charge in [-0.2, -0.15) is 10.1 Å². The number of hydrogen-bond donors (Lipinski definition) is 0. The molecule has 0 radical (unpaired) electrons. The van der Waals surface area contributed by atoms with Crippen LogP contribution >= 0.6 is 0 Å². The maximum absolute atomic E-state index is 12.8. The van der Waals surface area contributed by atoms with E-state index in [1.807, 2.05) is 0 Å². The molecule has 8 nitrogen and oxygen atoms in total. The minimum atomic E-state index is -0.475. The van der Waals surface area contributed by atoms with Crippen molar-refractivity contribution in [1.29, 1.82) is 0 Å². The number of allylic oxidation sites excluding steroid dienone is 2. The van der Waals surface area contributed by atoms with E-state index in [9.17, 15) is 19.7 Å². The number of nitrogens with zero attached hydrogens (tertiary/aromatic N) is 3. The number of para-hydroxylation sites is 1. The van der Waals surface area contributed by atoms with Crippen LogP contribution in [0.2, 0.25) is 0 Å². The summed E-state index contributed by atoms with van der Waals surface area (Å²) < 4.78 is 5.65. The maximum atomic E-state index is 12.8. The first-order chi connectivity index (χ1) is 14.0. The van der Waals surface area contributed by atoms with Gasteiger partial charge in [0, 0.05) is 6.07 Å². The predicted octanol–water partition coefficient (Wildman–Crippen LogP) is 3.39. The van der Waals surface area contributed by atoms with E-state index in [1.165, 1.54) is 12.3 Å². The van der Waals surface area contributed by atoms with Gasteiger partial charge in [0.2, 0.25) is 0 Å². The van der Waals surface area contributed by atoms with Gasteiger partial charge in [-0.15, -0.1) is 0 Å². The monoisotopic (exact) mass is 391 g/mol. The highest BCUT2D eigenvalue weighted by atomic mass is 16.6. The Balaban J connectivity index is 1.39. The van der Waals surface area contributed by atoms with Crippen LogP contribution in [0.4, 0.5) is 5.69 Å². The van der Waals surface area contributed by atoms with Crippen LogP contribution in [0.3, 0.4) is 0 Å². The van der Waals surface area contributed by atoms with Crippen LogP contribution in [0.15, 0.2) is 58.1 Å². The number of nitro benzene ring substituents is 1. The lowest BCUT2D eigenvalue weighted by atomic mass is 9.63. The number of hydrogen-bond acceptors (Lipinski definition) is 6. The Kier molecular flexibility index (Phi) is 3.94. The molecule has 2 amide bonds. The highest BCUT2D eigenvalue weighted by Gasteiger charge is 2.56. The molecule has 2 aromatic rings. The van der Waals surface area contributed by atoms with E-state index in [0.717, 1.165) is 17.9 Å². The second kappa shape index (κ2) is 6.51. The average molecular weight is 391 g/mol. The van der Waals surface area contributed by atoms with Gasteiger partial charge in [0.1, 0.15) is 11.5 Å². The molecule has 0 N–H and O–H groups in total. The molecule has 1 aromatic heterocycles. The zero-order valence-electron chi connectivity index (χ0n) is 15.3. The fraction of sp³-hybridized carbons (Fsp3) is 0.286. The molecule has 2 bridgehead atoms. The van der Waals surface area contributed by atoms with Crippen LogP contribution < -0.4 is 0 Å². The van der Waals surface area contributed by atoms with Crippen molar-refractivity contribution < 1.29 is 18.9 Å². The normalized spacial score (nSPS) is 27.8. The number of hydrazone groups is 1. The van der Waals surface area contributed by atoms with Crippen LogP contribution in [0, 0.1) is 33.8 Å². The van der Waals surface area contributed by atoms with Crippen LogP contribution in [-0.4, -0.2) is 28.0 Å². The molecule has 1 saturated heterocycles. The zero-order valence-corrected chi connectivity index (χ0v) is 15.3. The van der Waals surface area contributed by atoms with E-state index in [0.29, 0.717) is 17.1 Å². The minimum absolute atomic E-state index is 0.0673. The molecule has 0 unspecified atom stereocenters. The lowest BCUT2D eigenvalue weighted by molar-refractivity contribution is -0.384. The number of carbonyl (C=O) groups excluding carboxylic acids is 2. The summed E-state index contributed by atoms with van der Waals surface area (Å²) >= 11 is 0. The van der Waals surface area contributed by atoms with E-state index < -0.39 is 4.92 Å². The number of rotatable bonds is 4. The maximum Gasteiger partial charge on any atom is 0.280 e. The van der Waals surface area contributed by atoms with E-state index in [2.05, 4.69) is 17.3 Å². The van der Waals surface area contributed by atoms with E-state index in [1.54, 1.807) is 30.3 Å². The summed E-state index contributed by atoms with van der Waals surface area (Å²) in [6, 6.07) is 9.46. The third-order valence-corrected chi connectivity index (χ3v) is 6.03. The predicted molar refractivity (Wildman–Crippen MR) is 103 cm³/mol. The standard InChI is InChI=1S/C21H17N3O5/c25-20-18-12-5-6-13(8-7-12)19(18)21(26)23(20)22-11-14-9-10-17(29-14)15-3-1-2-4-16(15)24(27)28/h1-6,9-13,18-19H,7-8H2/b22-11-/t12-,13+,18-,19+. The number of imide groups is 1. The first-order valence-electron chi connectivity index (χ1n) is 9.48. The molecule has 146 valence electrons. The zero-order chi connectivity index (χ0) is 20.1. The smallest absolute Gasteiger partial charge is 0.280 e. The molecule has 0 spiro atoms. The fourth-order valence-corrected chi connectivity index (χ4v) is 4.70. The lowest BCUT2D eigenvalue weighted by Gasteiger charge is -2.37. The summed E-state index contributed by atoms with van der Waals surface area (Å²) in [4.78, 5) is 36.3. The van der Waals surface area contributed by atoms with E-state index in [-0.39, 0.29) is 41.2 Å². The highest BCUT2D eigenvalue weighted by molar-refractivity contribution is 6.06. The van der Waals surface area contributed by atoms with Crippen LogP contribution in [0.5, 0.6) is 0 Å². The summed E-state index contributed by atoms with van der Waals surface area (Å²) in [7, 11) is 0. The Morgan fingerprint density at radius 2 is 1.69 bits per heavy atom. The van der Waals surface area contributed by atoms with Crippen molar-refractivity contribution in [2.75, 3.05) is 0 Å². The van der Waals surface area contributed by atoms with Crippen LogP contribution in [0.1, 0.15) is 18.6 Å². The molecule has 3 aliphatic carbocycles. The van der Waals surface area contributed by atoms with Gasteiger partial charge < -0.3 is 4.42 Å². The summed E-state index contributed by atoms with van der Waals surface area (Å²) in [5.41, 5.74) is 0.279. The van der Waals surface area contributed by atoms with E-state index >= 15 is 0 Å². The first-order valence-corrected chi connectivity index (χ1v) is 9.48. The van der Waals surface area contributed by atoms with Crippen LogP contribution in [0.25, 0.3) is 11.3 Å². The third-order valence-electron chi connectivity index (χ3n) is 6.03. The molecule has 2 heterocycles. The molecule has 29 heavy (non-hydrogen) atoms. The third kappa shape index (κ3) is 2.71. The van der Waals surface area contributed by atoms with Gasteiger partial charge in [0.25, 0.3) is 17.5 Å². The number of carbonyl (C=O) groups is 2. The lowest BCUT2D eigenvalue weighted by Crippen LogP contribution is -2.38. The quantitative estimate of drug-likeness (QED) is 0.261. The van der Waals surface area contributed by atoms with Gasteiger partial charge in [-0.1, -0.05) is 24.3 Å². The van der Waals surface area contributed by atoms with Crippen molar-refractivity contribution >= 4 is 23.7 Å². The summed E-state index contributed by atoms with van der Waals surface area (Å²) in [5.74, 6) is -0.332. The molecule has 8 heteroatoms. The fourth-order valence-electron chi connectivity index (χ4n) is 4.70. The summed E-state index contributed by atoms with van der Waals surface area (Å²) in [6.07, 6.45) is 7.27. The number of furan rings is 1. The number of amides is 2. The molecule has 4 aliphatic rings. The molecule has 1 saturated carbocycles. The van der Waals surface area contributed by atoms with Crippen molar-refractivity contribution in [3.8, 4) is 11.3 Å². The Morgan fingerprint density at radius 3 is 2.31 bits per heavy atom. The Bertz CT molecular complexity index is 1050. The highest BCUT2D eigenvalue weighted by Crippen LogP contribution is 2.49. The molecular formula is C21H17N3O5. The van der Waals surface area contributed by atoms with Gasteiger partial charge in [-0.05, 0) is 42.9 Å². The number of nitro groups is 1. The number of benzene rings is 1. The summed E-state index contributed by atoms with van der Waals surface area (Å²) in [6.45, 7) is 0. The Labute approximate surface area is 165 Å². The number of fused-ring (bicyclic) bond motifs is 1. The minimum Gasteiger partial charge on any atom is -0.455 e. The molecular weight excluding hydrogens is 374 g/mol. The molecule has 4 atom stereocenters. The molecule has 1 aliphatic heterocycles. The average Bonchev–Trinajstić information content (AvgIpc) is 3.32. The van der Waals surface area contributed by atoms with Gasteiger partial charge in [-0.25, -0.2) is 0 Å². The van der Waals surface area contributed by atoms with E-state index in [4.69, 9.17) is 4.42 Å². The van der Waals surface area contributed by atoms with Crippen LogP contribution in [-0.2, 0) is 9.59 Å². The largest absolute Gasteiger partial charge is 0.455 e. The van der Waals surface area contributed by atoms with Gasteiger partial charge >= 0.3 is 0 Å². The Morgan fingerprint density at radius 1 is 1.03 bits per heavy atom.